The number of benzene rings is 2. The molecule has 1 saturated heterocycles. The molecule has 1 saturated carbocycles. The minimum absolute atomic E-state index is 0.0249. The third kappa shape index (κ3) is 4.46. The van der Waals surface area contributed by atoms with Gasteiger partial charge in [-0.3, -0.25) is 9.47 Å². The summed E-state index contributed by atoms with van der Waals surface area (Å²) in [6, 6.07) is 6.00. The second kappa shape index (κ2) is 9.03. The SMILES string of the molecule is CC(C)(N1Cc2cc(Cl)ccc2-n2c(nnc2C2CC3(C2)CN(c2c(F)ccc(C(F)(F)F)c2F)C3)C1)C(F)(F)F. The van der Waals surface area contributed by atoms with Crippen LogP contribution in [0.5, 0.6) is 0 Å². The lowest BCUT2D eigenvalue weighted by Gasteiger charge is -2.59. The first-order valence-corrected chi connectivity index (χ1v) is 13.2. The van der Waals surface area contributed by atoms with Crippen molar-refractivity contribution >= 4 is 17.3 Å². The summed E-state index contributed by atoms with van der Waals surface area (Å²) in [5.41, 5.74) is -3.56. The Morgan fingerprint density at radius 2 is 1.61 bits per heavy atom. The monoisotopic (exact) mass is 605 g/mol. The summed E-state index contributed by atoms with van der Waals surface area (Å²) in [6.45, 7) is 2.41. The van der Waals surface area contributed by atoms with Gasteiger partial charge in [0.05, 0.1) is 17.8 Å². The Balaban J connectivity index is 1.26. The van der Waals surface area contributed by atoms with Gasteiger partial charge in [-0.1, -0.05) is 11.6 Å². The first kappa shape index (κ1) is 28.2. The summed E-state index contributed by atoms with van der Waals surface area (Å²) >= 11 is 6.21. The van der Waals surface area contributed by atoms with E-state index in [2.05, 4.69) is 10.2 Å². The van der Waals surface area contributed by atoms with Crippen molar-refractivity contribution in [2.24, 2.45) is 5.41 Å². The van der Waals surface area contributed by atoms with Gasteiger partial charge in [-0.05, 0) is 62.6 Å². The second-order valence-electron chi connectivity index (χ2n) is 11.7. The highest BCUT2D eigenvalue weighted by molar-refractivity contribution is 6.30. The molecule has 0 atom stereocenters. The number of hydrogen-bond donors (Lipinski definition) is 0. The lowest BCUT2D eigenvalue weighted by atomic mass is 9.57. The van der Waals surface area contributed by atoms with Crippen LogP contribution in [0.1, 0.15) is 55.4 Å². The highest BCUT2D eigenvalue weighted by Gasteiger charge is 2.56. The molecule has 1 aliphatic carbocycles. The molecule has 3 aromatic rings. The van der Waals surface area contributed by atoms with Crippen molar-refractivity contribution in [3.05, 3.63) is 69.8 Å². The third-order valence-electron chi connectivity index (χ3n) is 8.68. The molecule has 1 spiro atoms. The van der Waals surface area contributed by atoms with Crippen molar-refractivity contribution < 1.29 is 35.1 Å². The van der Waals surface area contributed by atoms with Gasteiger partial charge in [0.25, 0.3) is 0 Å². The quantitative estimate of drug-likeness (QED) is 0.295. The molecule has 1 aromatic heterocycles. The highest BCUT2D eigenvalue weighted by atomic mass is 35.5. The molecule has 0 N–H and O–H groups in total. The molecule has 2 fully saturated rings. The normalized spacial score (nSPS) is 19.4. The van der Waals surface area contributed by atoms with Crippen LogP contribution in [0, 0.1) is 17.0 Å². The van der Waals surface area contributed by atoms with E-state index in [9.17, 15) is 35.1 Å². The lowest BCUT2D eigenvalue weighted by molar-refractivity contribution is -0.224. The molecule has 2 aromatic carbocycles. The molecule has 0 amide bonds. The molecule has 5 nitrogen and oxygen atoms in total. The maximum atomic E-state index is 14.7. The Bertz CT molecular complexity index is 1520. The van der Waals surface area contributed by atoms with Crippen molar-refractivity contribution in [3.63, 3.8) is 0 Å². The molecule has 220 valence electrons. The Morgan fingerprint density at radius 1 is 0.927 bits per heavy atom. The van der Waals surface area contributed by atoms with Crippen molar-refractivity contribution in [1.29, 1.82) is 0 Å². The topological polar surface area (TPSA) is 37.2 Å². The highest BCUT2D eigenvalue weighted by Crippen LogP contribution is 2.57. The summed E-state index contributed by atoms with van der Waals surface area (Å²) in [6.07, 6.45) is -8.40. The molecule has 41 heavy (non-hydrogen) atoms. The Labute approximate surface area is 234 Å². The molecule has 6 rings (SSSR count). The van der Waals surface area contributed by atoms with E-state index in [4.69, 9.17) is 11.6 Å². The van der Waals surface area contributed by atoms with Crippen LogP contribution in [-0.4, -0.2) is 44.5 Å². The van der Waals surface area contributed by atoms with Gasteiger partial charge in [-0.15, -0.1) is 10.2 Å². The molecular weight excluding hydrogens is 582 g/mol. The number of aromatic nitrogens is 3. The second-order valence-corrected chi connectivity index (χ2v) is 12.1. The molecule has 3 aliphatic rings. The Morgan fingerprint density at radius 3 is 2.24 bits per heavy atom. The van der Waals surface area contributed by atoms with Crippen molar-refractivity contribution in [3.8, 4) is 5.69 Å². The first-order valence-electron chi connectivity index (χ1n) is 12.9. The Kier molecular flexibility index (Phi) is 6.21. The fourth-order valence-corrected chi connectivity index (χ4v) is 6.46. The van der Waals surface area contributed by atoms with Gasteiger partial charge in [0.2, 0.25) is 0 Å². The predicted octanol–water partition coefficient (Wildman–Crippen LogP) is 7.26. The average Bonchev–Trinajstić information content (AvgIpc) is 3.12. The van der Waals surface area contributed by atoms with Crippen molar-refractivity contribution in [2.75, 3.05) is 18.0 Å². The van der Waals surface area contributed by atoms with Gasteiger partial charge in [-0.25, -0.2) is 8.78 Å². The van der Waals surface area contributed by atoms with E-state index in [0.717, 1.165) is 13.8 Å². The van der Waals surface area contributed by atoms with Gasteiger partial charge < -0.3 is 4.90 Å². The number of alkyl halides is 6. The molecule has 14 heteroatoms. The Hall–Kier alpha value is -2.93. The largest absolute Gasteiger partial charge is 0.419 e. The fourth-order valence-electron chi connectivity index (χ4n) is 6.26. The third-order valence-corrected chi connectivity index (χ3v) is 8.92. The maximum absolute atomic E-state index is 14.7. The first-order chi connectivity index (χ1) is 19.0. The lowest BCUT2D eigenvalue weighted by Crippen LogP contribution is -2.62. The molecule has 2 aliphatic heterocycles. The smallest absolute Gasteiger partial charge is 0.366 e. The predicted molar refractivity (Wildman–Crippen MR) is 134 cm³/mol. The zero-order valence-electron chi connectivity index (χ0n) is 21.8. The minimum Gasteiger partial charge on any atom is -0.366 e. The molecule has 0 radical (unpaired) electrons. The number of halogens is 9. The van der Waals surface area contributed by atoms with E-state index in [-0.39, 0.29) is 37.5 Å². The molecule has 0 unspecified atom stereocenters. The minimum atomic E-state index is -4.95. The molecular formula is C27H24ClF8N5. The summed E-state index contributed by atoms with van der Waals surface area (Å²) < 4.78 is 112. The van der Waals surface area contributed by atoms with Crippen LogP contribution < -0.4 is 4.90 Å². The van der Waals surface area contributed by atoms with E-state index < -0.39 is 40.8 Å². The van der Waals surface area contributed by atoms with Crippen LogP contribution in [0.4, 0.5) is 40.8 Å². The van der Waals surface area contributed by atoms with Crippen LogP contribution in [0.25, 0.3) is 5.69 Å². The van der Waals surface area contributed by atoms with Gasteiger partial charge in [0, 0.05) is 36.0 Å². The van der Waals surface area contributed by atoms with Gasteiger partial charge >= 0.3 is 12.4 Å². The fraction of sp³-hybridized carbons (Fsp3) is 0.481. The standard InChI is InChI=1S/C27H24ClF8N5/c1-24(2,27(34,35)36)40-10-14-7-16(28)3-6-19(14)41-20(11-40)37-38-23(41)15-8-25(9-15)12-39(13-25)22-18(29)5-4-17(21(22)30)26(31,32)33/h3-7,15H,8-13H2,1-2H3. The number of rotatable bonds is 3. The van der Waals surface area contributed by atoms with Crippen LogP contribution in [-0.2, 0) is 19.3 Å². The molecule has 0 bridgehead atoms. The number of nitrogens with zero attached hydrogens (tertiary/aromatic N) is 5. The summed E-state index contributed by atoms with van der Waals surface area (Å²) in [5, 5.41) is 8.97. The van der Waals surface area contributed by atoms with Crippen LogP contribution in [0.3, 0.4) is 0 Å². The number of anilines is 1. The summed E-state index contributed by atoms with van der Waals surface area (Å²) in [5.74, 6) is -1.96. The van der Waals surface area contributed by atoms with E-state index in [1.165, 1.54) is 9.80 Å². The van der Waals surface area contributed by atoms with E-state index >= 15 is 0 Å². The maximum Gasteiger partial charge on any atom is 0.419 e. The summed E-state index contributed by atoms with van der Waals surface area (Å²) in [4.78, 5) is 2.55. The average molecular weight is 606 g/mol. The van der Waals surface area contributed by atoms with Crippen LogP contribution in [0.15, 0.2) is 30.3 Å². The number of hydrogen-bond acceptors (Lipinski definition) is 4. The zero-order valence-corrected chi connectivity index (χ0v) is 22.6. The zero-order chi connectivity index (χ0) is 29.7. The van der Waals surface area contributed by atoms with Crippen molar-refractivity contribution in [1.82, 2.24) is 19.7 Å². The number of fused-ring (bicyclic) bond motifs is 3. The van der Waals surface area contributed by atoms with Gasteiger partial charge in [0.1, 0.15) is 22.9 Å². The van der Waals surface area contributed by atoms with E-state index in [1.54, 1.807) is 22.8 Å². The van der Waals surface area contributed by atoms with E-state index in [0.29, 0.717) is 52.9 Å². The van der Waals surface area contributed by atoms with Crippen LogP contribution in [0.2, 0.25) is 5.02 Å². The van der Waals surface area contributed by atoms with Crippen molar-refractivity contribution in [2.45, 2.75) is 63.6 Å². The van der Waals surface area contributed by atoms with Gasteiger partial charge in [0.15, 0.2) is 11.6 Å². The van der Waals surface area contributed by atoms with E-state index in [1.807, 2.05) is 0 Å². The van der Waals surface area contributed by atoms with Gasteiger partial charge in [-0.2, -0.15) is 26.3 Å². The van der Waals surface area contributed by atoms with Crippen LogP contribution >= 0.6 is 11.6 Å². The summed E-state index contributed by atoms with van der Waals surface area (Å²) in [7, 11) is 0. The molecule has 3 heterocycles.